The summed E-state index contributed by atoms with van der Waals surface area (Å²) in [7, 11) is 0. The number of halogens is 3. The Morgan fingerprint density at radius 1 is 1.58 bits per heavy atom. The Kier molecular flexibility index (Phi) is 3.07. The van der Waals surface area contributed by atoms with E-state index in [1.165, 1.54) is 6.07 Å². The normalized spacial score (nSPS) is 9.50. The van der Waals surface area contributed by atoms with Gasteiger partial charge in [0.1, 0.15) is 5.82 Å². The van der Waals surface area contributed by atoms with E-state index in [-0.39, 0.29) is 10.9 Å². The minimum atomic E-state index is -0.437. The van der Waals surface area contributed by atoms with Crippen LogP contribution in [0.25, 0.3) is 0 Å². The summed E-state index contributed by atoms with van der Waals surface area (Å²) < 4.78 is 13.2. The van der Waals surface area contributed by atoms with Gasteiger partial charge in [0.25, 0.3) is 0 Å². The standard InChI is InChI=1S/C8H4BrClFN/c9-8-6(10)3-5(1-2-12)4-7(8)11/h3-4H,1H2. The first-order chi connectivity index (χ1) is 5.65. The average molecular weight is 248 g/mol. The lowest BCUT2D eigenvalue weighted by Crippen LogP contribution is -1.86. The van der Waals surface area contributed by atoms with Gasteiger partial charge in [-0.05, 0) is 33.6 Å². The van der Waals surface area contributed by atoms with Crippen LogP contribution in [-0.2, 0) is 6.42 Å². The van der Waals surface area contributed by atoms with Gasteiger partial charge >= 0.3 is 0 Å². The zero-order valence-electron chi connectivity index (χ0n) is 5.94. The third-order valence-electron chi connectivity index (χ3n) is 1.33. The molecule has 12 heavy (non-hydrogen) atoms. The van der Waals surface area contributed by atoms with Crippen LogP contribution in [0.2, 0.25) is 5.02 Å². The Morgan fingerprint density at radius 3 is 2.75 bits per heavy atom. The summed E-state index contributed by atoms with van der Waals surface area (Å²) in [4.78, 5) is 0. The Bertz CT molecular complexity index is 322. The molecule has 0 heterocycles. The molecule has 0 atom stereocenters. The molecule has 0 radical (unpaired) electrons. The Labute approximate surface area is 82.9 Å². The van der Waals surface area contributed by atoms with Gasteiger partial charge in [-0.3, -0.25) is 0 Å². The Balaban J connectivity index is 3.14. The van der Waals surface area contributed by atoms with Crippen molar-refractivity contribution in [1.82, 2.24) is 0 Å². The maximum atomic E-state index is 12.9. The highest BCUT2D eigenvalue weighted by Crippen LogP contribution is 2.26. The van der Waals surface area contributed by atoms with Crippen molar-refractivity contribution in [1.29, 1.82) is 5.26 Å². The van der Waals surface area contributed by atoms with Crippen molar-refractivity contribution in [3.05, 3.63) is 33.0 Å². The third kappa shape index (κ3) is 1.96. The first-order valence-electron chi connectivity index (χ1n) is 3.15. The smallest absolute Gasteiger partial charge is 0.139 e. The predicted molar refractivity (Wildman–Crippen MR) is 48.4 cm³/mol. The van der Waals surface area contributed by atoms with E-state index in [1.54, 1.807) is 6.07 Å². The first kappa shape index (κ1) is 9.50. The second-order valence-corrected chi connectivity index (χ2v) is 3.41. The van der Waals surface area contributed by atoms with Gasteiger partial charge in [-0.2, -0.15) is 5.26 Å². The van der Waals surface area contributed by atoms with E-state index in [0.717, 1.165) is 0 Å². The van der Waals surface area contributed by atoms with Crippen LogP contribution in [0.4, 0.5) is 4.39 Å². The lowest BCUT2D eigenvalue weighted by molar-refractivity contribution is 0.619. The number of hydrogen-bond acceptors (Lipinski definition) is 1. The average Bonchev–Trinajstić information content (AvgIpc) is 2.01. The van der Waals surface area contributed by atoms with Crippen molar-refractivity contribution in [3.63, 3.8) is 0 Å². The van der Waals surface area contributed by atoms with Crippen LogP contribution in [0.5, 0.6) is 0 Å². The molecule has 0 aliphatic carbocycles. The monoisotopic (exact) mass is 247 g/mol. The van der Waals surface area contributed by atoms with Gasteiger partial charge < -0.3 is 0 Å². The minimum Gasteiger partial charge on any atom is -0.206 e. The molecule has 0 N–H and O–H groups in total. The van der Waals surface area contributed by atoms with Gasteiger partial charge in [0.15, 0.2) is 0 Å². The van der Waals surface area contributed by atoms with Gasteiger partial charge in [-0.1, -0.05) is 11.6 Å². The zero-order valence-corrected chi connectivity index (χ0v) is 8.28. The van der Waals surface area contributed by atoms with E-state index in [4.69, 9.17) is 16.9 Å². The summed E-state index contributed by atoms with van der Waals surface area (Å²) in [6.45, 7) is 0. The molecular formula is C8H4BrClFN. The van der Waals surface area contributed by atoms with Crippen LogP contribution < -0.4 is 0 Å². The number of rotatable bonds is 1. The molecule has 1 aromatic carbocycles. The number of nitrogens with zero attached hydrogens (tertiary/aromatic N) is 1. The Hall–Kier alpha value is -0.590. The van der Waals surface area contributed by atoms with E-state index in [0.29, 0.717) is 10.6 Å². The maximum absolute atomic E-state index is 12.9. The molecule has 0 aliphatic rings. The fourth-order valence-corrected chi connectivity index (χ4v) is 1.26. The van der Waals surface area contributed by atoms with Gasteiger partial charge in [-0.15, -0.1) is 0 Å². The van der Waals surface area contributed by atoms with Crippen molar-refractivity contribution >= 4 is 27.5 Å². The first-order valence-corrected chi connectivity index (χ1v) is 4.32. The number of benzene rings is 1. The van der Waals surface area contributed by atoms with E-state index in [9.17, 15) is 4.39 Å². The van der Waals surface area contributed by atoms with E-state index < -0.39 is 5.82 Å². The van der Waals surface area contributed by atoms with Crippen molar-refractivity contribution in [3.8, 4) is 6.07 Å². The molecule has 0 amide bonds. The highest BCUT2D eigenvalue weighted by molar-refractivity contribution is 9.10. The van der Waals surface area contributed by atoms with Gasteiger partial charge in [0.05, 0.1) is 22.0 Å². The van der Waals surface area contributed by atoms with Gasteiger partial charge in [0, 0.05) is 0 Å². The maximum Gasteiger partial charge on any atom is 0.139 e. The van der Waals surface area contributed by atoms with Crippen LogP contribution in [0.3, 0.4) is 0 Å². The van der Waals surface area contributed by atoms with E-state index in [2.05, 4.69) is 15.9 Å². The van der Waals surface area contributed by atoms with Crippen molar-refractivity contribution < 1.29 is 4.39 Å². The summed E-state index contributed by atoms with van der Waals surface area (Å²) in [5.41, 5.74) is 0.586. The van der Waals surface area contributed by atoms with Crippen molar-refractivity contribution in [2.45, 2.75) is 6.42 Å². The van der Waals surface area contributed by atoms with E-state index >= 15 is 0 Å². The van der Waals surface area contributed by atoms with Crippen LogP contribution in [0.15, 0.2) is 16.6 Å². The molecule has 0 aromatic heterocycles. The lowest BCUT2D eigenvalue weighted by atomic mass is 10.2. The fourth-order valence-electron chi connectivity index (χ4n) is 0.801. The highest BCUT2D eigenvalue weighted by atomic mass is 79.9. The van der Waals surface area contributed by atoms with E-state index in [1.807, 2.05) is 6.07 Å². The van der Waals surface area contributed by atoms with Crippen LogP contribution in [0, 0.1) is 17.1 Å². The van der Waals surface area contributed by atoms with Gasteiger partial charge in [-0.25, -0.2) is 4.39 Å². The second-order valence-electron chi connectivity index (χ2n) is 2.21. The SMILES string of the molecule is N#CCc1cc(F)c(Br)c(Cl)c1. The molecule has 0 saturated carbocycles. The number of nitriles is 1. The van der Waals surface area contributed by atoms with Gasteiger partial charge in [0.2, 0.25) is 0 Å². The molecule has 0 aliphatic heterocycles. The lowest BCUT2D eigenvalue weighted by Gasteiger charge is -2.00. The molecule has 0 saturated heterocycles. The molecule has 0 spiro atoms. The quantitative estimate of drug-likeness (QED) is 0.700. The van der Waals surface area contributed by atoms with Crippen molar-refractivity contribution in [2.75, 3.05) is 0 Å². The Morgan fingerprint density at radius 2 is 2.25 bits per heavy atom. The predicted octanol–water partition coefficient (Wildman–Crippen LogP) is 3.31. The van der Waals surface area contributed by atoms with Crippen LogP contribution in [-0.4, -0.2) is 0 Å². The minimum absolute atomic E-state index is 0.171. The zero-order chi connectivity index (χ0) is 9.14. The largest absolute Gasteiger partial charge is 0.206 e. The summed E-state index contributed by atoms with van der Waals surface area (Å²) >= 11 is 8.63. The summed E-state index contributed by atoms with van der Waals surface area (Å²) in [5, 5.41) is 8.64. The molecular weight excluding hydrogens is 244 g/mol. The summed E-state index contributed by atoms with van der Waals surface area (Å²) in [5.74, 6) is -0.437. The molecule has 62 valence electrons. The molecule has 1 rings (SSSR count). The second kappa shape index (κ2) is 3.88. The molecule has 0 bridgehead atoms. The topological polar surface area (TPSA) is 23.8 Å². The molecule has 0 unspecified atom stereocenters. The fraction of sp³-hybridized carbons (Fsp3) is 0.125. The molecule has 4 heteroatoms. The summed E-state index contributed by atoms with van der Waals surface area (Å²) in [6.07, 6.45) is 0.171. The summed E-state index contributed by atoms with van der Waals surface area (Å²) in [6, 6.07) is 4.78. The van der Waals surface area contributed by atoms with Crippen LogP contribution >= 0.6 is 27.5 Å². The number of hydrogen-bond donors (Lipinski definition) is 0. The van der Waals surface area contributed by atoms with Crippen molar-refractivity contribution in [2.24, 2.45) is 0 Å². The highest BCUT2D eigenvalue weighted by Gasteiger charge is 2.05. The molecule has 1 nitrogen and oxygen atoms in total. The third-order valence-corrected chi connectivity index (χ3v) is 2.66. The van der Waals surface area contributed by atoms with Crippen LogP contribution in [0.1, 0.15) is 5.56 Å². The molecule has 0 fully saturated rings. The molecule has 1 aromatic rings.